The number of nitrogens with zero attached hydrogens (tertiary/aromatic N) is 3. The van der Waals surface area contributed by atoms with Gasteiger partial charge in [0.1, 0.15) is 0 Å². The summed E-state index contributed by atoms with van der Waals surface area (Å²) in [4.78, 5) is 20.6. The molecule has 0 aliphatic carbocycles. The van der Waals surface area contributed by atoms with E-state index in [1.807, 2.05) is 31.1 Å². The number of likely N-dealkylation sites (tertiary alicyclic amines) is 1. The van der Waals surface area contributed by atoms with Crippen LogP contribution in [0.15, 0.2) is 23.2 Å². The zero-order valence-corrected chi connectivity index (χ0v) is 21.8. The minimum absolute atomic E-state index is 0. The molecule has 0 radical (unpaired) electrons. The van der Waals surface area contributed by atoms with Gasteiger partial charge in [0.15, 0.2) is 17.5 Å². The molecular weight excluding hydrogens is 509 g/mol. The number of halogens is 1. The first kappa shape index (κ1) is 27.3. The highest BCUT2D eigenvalue weighted by Gasteiger charge is 2.19. The van der Waals surface area contributed by atoms with Crippen molar-refractivity contribution in [1.29, 1.82) is 0 Å². The number of benzene rings is 1. The molecule has 1 fully saturated rings. The summed E-state index contributed by atoms with van der Waals surface area (Å²) in [6.45, 7) is 5.92. The van der Waals surface area contributed by atoms with Crippen LogP contribution in [0, 0.1) is 0 Å². The predicted molar refractivity (Wildman–Crippen MR) is 136 cm³/mol. The maximum Gasteiger partial charge on any atom is 0.222 e. The van der Waals surface area contributed by atoms with Crippen molar-refractivity contribution in [2.24, 2.45) is 4.99 Å². The van der Waals surface area contributed by atoms with Crippen LogP contribution in [0.2, 0.25) is 0 Å². The number of methoxy groups -OCH3 is 2. The molecule has 176 valence electrons. The number of aliphatic imine (C=N–C) groups is 1. The molecule has 1 unspecified atom stereocenters. The second-order valence-electron chi connectivity index (χ2n) is 7.58. The smallest absolute Gasteiger partial charge is 0.222 e. The number of carbonyl (C=O) groups is 1. The maximum absolute atomic E-state index is 11.7. The average molecular weight is 547 g/mol. The van der Waals surface area contributed by atoms with Crippen LogP contribution < -0.4 is 20.1 Å². The molecule has 1 heterocycles. The van der Waals surface area contributed by atoms with Crippen molar-refractivity contribution < 1.29 is 14.3 Å². The van der Waals surface area contributed by atoms with E-state index >= 15 is 0 Å². The monoisotopic (exact) mass is 547 g/mol. The number of amides is 1. The van der Waals surface area contributed by atoms with E-state index in [9.17, 15) is 4.79 Å². The summed E-state index contributed by atoms with van der Waals surface area (Å²) < 4.78 is 10.8. The molecule has 2 N–H and O–H groups in total. The first-order valence-corrected chi connectivity index (χ1v) is 10.7. The molecule has 0 aromatic heterocycles. The highest BCUT2D eigenvalue weighted by atomic mass is 127. The van der Waals surface area contributed by atoms with Crippen molar-refractivity contribution in [3.8, 4) is 11.5 Å². The second-order valence-corrected chi connectivity index (χ2v) is 7.58. The van der Waals surface area contributed by atoms with E-state index in [1.165, 1.54) is 0 Å². The van der Waals surface area contributed by atoms with Crippen LogP contribution in [0.4, 0.5) is 0 Å². The Morgan fingerprint density at radius 2 is 1.97 bits per heavy atom. The van der Waals surface area contributed by atoms with Gasteiger partial charge in [0.2, 0.25) is 5.91 Å². The van der Waals surface area contributed by atoms with Gasteiger partial charge >= 0.3 is 0 Å². The summed E-state index contributed by atoms with van der Waals surface area (Å²) in [5.74, 6) is 2.50. The van der Waals surface area contributed by atoms with Gasteiger partial charge in [-0.1, -0.05) is 6.07 Å². The van der Waals surface area contributed by atoms with Gasteiger partial charge in [-0.15, -0.1) is 24.0 Å². The molecule has 0 saturated carbocycles. The lowest BCUT2D eigenvalue weighted by atomic mass is 10.1. The molecule has 1 atom stereocenters. The first-order chi connectivity index (χ1) is 14.5. The van der Waals surface area contributed by atoms with E-state index in [-0.39, 0.29) is 35.9 Å². The summed E-state index contributed by atoms with van der Waals surface area (Å²) >= 11 is 0. The Morgan fingerprint density at radius 1 is 1.23 bits per heavy atom. The second kappa shape index (κ2) is 14.3. The topological polar surface area (TPSA) is 78.4 Å². The highest BCUT2D eigenvalue weighted by molar-refractivity contribution is 14.0. The van der Waals surface area contributed by atoms with E-state index in [4.69, 9.17) is 14.5 Å². The van der Waals surface area contributed by atoms with Gasteiger partial charge in [-0.2, -0.15) is 0 Å². The minimum atomic E-state index is 0. The number of nitrogens with one attached hydrogen (secondary N) is 2. The fraction of sp³-hybridized carbons (Fsp3) is 0.636. The number of guanidine groups is 1. The van der Waals surface area contributed by atoms with Crippen LogP contribution in [0.25, 0.3) is 0 Å². The van der Waals surface area contributed by atoms with Gasteiger partial charge in [-0.3, -0.25) is 9.79 Å². The quantitative estimate of drug-likeness (QED) is 0.192. The van der Waals surface area contributed by atoms with Crippen LogP contribution in [0.5, 0.6) is 11.5 Å². The Kier molecular flexibility index (Phi) is 12.6. The highest BCUT2D eigenvalue weighted by Crippen LogP contribution is 2.31. The van der Waals surface area contributed by atoms with E-state index in [0.29, 0.717) is 24.5 Å². The van der Waals surface area contributed by atoms with Crippen LogP contribution in [0.3, 0.4) is 0 Å². The third-order valence-corrected chi connectivity index (χ3v) is 5.25. The Labute approximate surface area is 203 Å². The number of likely N-dealkylation sites (N-methyl/N-ethyl adjacent to an activating group) is 1. The van der Waals surface area contributed by atoms with Crippen molar-refractivity contribution in [2.45, 2.75) is 32.2 Å². The first-order valence-electron chi connectivity index (χ1n) is 10.7. The van der Waals surface area contributed by atoms with Gasteiger partial charge in [0.25, 0.3) is 0 Å². The fourth-order valence-corrected chi connectivity index (χ4v) is 3.56. The molecule has 1 saturated heterocycles. The zero-order valence-electron chi connectivity index (χ0n) is 19.4. The normalized spacial score (nSPS) is 15.0. The number of hydrogen-bond donors (Lipinski definition) is 2. The molecule has 0 spiro atoms. The lowest BCUT2D eigenvalue weighted by Crippen LogP contribution is -2.39. The standard InChI is InChI=1S/C22H37N5O3.HI/c1-6-23-22(24-12-8-14-27-13-7-9-21(27)28)25-16-18(26(2)3)17-10-11-19(29-4)20(15-17)30-5;/h10-11,15,18H,6-9,12-14,16H2,1-5H3,(H2,23,24,25);1H. The van der Waals surface area contributed by atoms with Gasteiger partial charge in [-0.05, 0) is 51.6 Å². The Balaban J connectivity index is 0.00000480. The molecule has 31 heavy (non-hydrogen) atoms. The Hall–Kier alpha value is -1.75. The lowest BCUT2D eigenvalue weighted by molar-refractivity contribution is -0.127. The summed E-state index contributed by atoms with van der Waals surface area (Å²) in [5, 5.41) is 6.69. The van der Waals surface area contributed by atoms with Crippen LogP contribution in [0.1, 0.15) is 37.8 Å². The van der Waals surface area contributed by atoms with Crippen molar-refractivity contribution in [3.05, 3.63) is 23.8 Å². The molecule has 8 nitrogen and oxygen atoms in total. The SMILES string of the molecule is CCNC(=NCC(c1ccc(OC)c(OC)c1)N(C)C)NCCCN1CCCC1=O.I. The van der Waals surface area contributed by atoms with Gasteiger partial charge in [0, 0.05) is 32.6 Å². The molecule has 1 aliphatic rings. The van der Waals surface area contributed by atoms with E-state index in [1.54, 1.807) is 14.2 Å². The molecule has 1 amide bonds. The molecular formula is C22H38IN5O3. The summed E-state index contributed by atoms with van der Waals surface area (Å²) in [7, 11) is 7.38. The molecule has 1 aromatic rings. The lowest BCUT2D eigenvalue weighted by Gasteiger charge is -2.24. The summed E-state index contributed by atoms with van der Waals surface area (Å²) in [6.07, 6.45) is 2.58. The van der Waals surface area contributed by atoms with Crippen molar-refractivity contribution >= 4 is 35.8 Å². The van der Waals surface area contributed by atoms with Gasteiger partial charge < -0.3 is 29.9 Å². The minimum Gasteiger partial charge on any atom is -0.493 e. The van der Waals surface area contributed by atoms with Crippen LogP contribution >= 0.6 is 24.0 Å². The van der Waals surface area contributed by atoms with E-state index < -0.39 is 0 Å². The number of rotatable bonds is 11. The Bertz CT molecular complexity index is 714. The van der Waals surface area contributed by atoms with Gasteiger partial charge in [-0.25, -0.2) is 0 Å². The van der Waals surface area contributed by atoms with E-state index in [2.05, 4.69) is 28.5 Å². The van der Waals surface area contributed by atoms with Crippen LogP contribution in [-0.4, -0.2) is 82.7 Å². The zero-order chi connectivity index (χ0) is 21.9. The number of hydrogen-bond acceptors (Lipinski definition) is 5. The average Bonchev–Trinajstić information content (AvgIpc) is 3.15. The molecule has 1 aliphatic heterocycles. The summed E-state index contributed by atoms with van der Waals surface area (Å²) in [5.41, 5.74) is 1.12. The Morgan fingerprint density at radius 3 is 2.55 bits per heavy atom. The molecule has 1 aromatic carbocycles. The van der Waals surface area contributed by atoms with E-state index in [0.717, 1.165) is 50.5 Å². The molecule has 9 heteroatoms. The third kappa shape index (κ3) is 8.36. The van der Waals surface area contributed by atoms with Crippen molar-refractivity contribution in [2.75, 3.05) is 61.0 Å². The van der Waals surface area contributed by atoms with Crippen molar-refractivity contribution in [1.82, 2.24) is 20.4 Å². The third-order valence-electron chi connectivity index (χ3n) is 5.25. The number of carbonyl (C=O) groups excluding carboxylic acids is 1. The predicted octanol–water partition coefficient (Wildman–Crippen LogP) is 2.49. The number of ether oxygens (including phenoxy) is 2. The summed E-state index contributed by atoms with van der Waals surface area (Å²) in [6, 6.07) is 6.08. The molecule has 2 rings (SSSR count). The fourth-order valence-electron chi connectivity index (χ4n) is 3.56. The van der Waals surface area contributed by atoms with Crippen molar-refractivity contribution in [3.63, 3.8) is 0 Å². The molecule has 0 bridgehead atoms. The van der Waals surface area contributed by atoms with Gasteiger partial charge in [0.05, 0.1) is 26.8 Å². The maximum atomic E-state index is 11.7. The largest absolute Gasteiger partial charge is 0.493 e. The van der Waals surface area contributed by atoms with Crippen LogP contribution in [-0.2, 0) is 4.79 Å².